The third-order valence-electron chi connectivity index (χ3n) is 3.78. The maximum Gasteiger partial charge on any atom is 0.268 e. The molecule has 0 fully saturated rings. The van der Waals surface area contributed by atoms with Crippen LogP contribution in [0.3, 0.4) is 0 Å². The van der Waals surface area contributed by atoms with E-state index in [2.05, 4.69) is 17.5 Å². The van der Waals surface area contributed by atoms with Gasteiger partial charge >= 0.3 is 0 Å². The number of rotatable bonds is 1. The third-order valence-corrected chi connectivity index (χ3v) is 5.86. The second-order valence-corrected chi connectivity index (χ2v) is 7.30. The van der Waals surface area contributed by atoms with Crippen LogP contribution in [0.15, 0.2) is 41.8 Å². The maximum atomic E-state index is 12.9. The van der Waals surface area contributed by atoms with Crippen LogP contribution < -0.4 is 10.6 Å². The molecule has 1 unspecified atom stereocenters. The predicted molar refractivity (Wildman–Crippen MR) is 89.5 cm³/mol. The highest BCUT2D eigenvalue weighted by molar-refractivity contribution is 7.27. The quantitative estimate of drug-likeness (QED) is 0.747. The van der Waals surface area contributed by atoms with E-state index < -0.39 is 0 Å². The molecule has 1 aromatic carbocycles. The number of hydrogen-bond donors (Lipinski definition) is 1. The summed E-state index contributed by atoms with van der Waals surface area (Å²) < 4.78 is 2.36. The first-order chi connectivity index (χ1) is 10.2. The molecule has 5 heteroatoms. The lowest BCUT2D eigenvalue weighted by atomic mass is 9.98. The molecule has 2 N–H and O–H groups in total. The van der Waals surface area contributed by atoms with Crippen LogP contribution in [-0.4, -0.2) is 18.5 Å². The summed E-state index contributed by atoms with van der Waals surface area (Å²) in [4.78, 5) is 15.5. The van der Waals surface area contributed by atoms with Gasteiger partial charge in [-0.3, -0.25) is 4.79 Å². The SMILES string of the molecule is NC1Cc2ccccc2N(C(=O)c2cc3sccc3s2)C1. The van der Waals surface area contributed by atoms with Gasteiger partial charge in [0, 0.05) is 27.7 Å². The average Bonchev–Trinajstić information content (AvgIpc) is 3.06. The Morgan fingerprint density at radius 3 is 2.95 bits per heavy atom. The summed E-state index contributed by atoms with van der Waals surface area (Å²) in [5.74, 6) is 0.0611. The van der Waals surface area contributed by atoms with E-state index in [0.717, 1.165) is 22.5 Å². The van der Waals surface area contributed by atoms with Crippen molar-refractivity contribution >= 4 is 43.7 Å². The van der Waals surface area contributed by atoms with E-state index in [9.17, 15) is 4.79 Å². The number of fused-ring (bicyclic) bond motifs is 2. The van der Waals surface area contributed by atoms with E-state index in [0.29, 0.717) is 6.54 Å². The second kappa shape index (κ2) is 4.94. The fourth-order valence-electron chi connectivity index (χ4n) is 2.82. The van der Waals surface area contributed by atoms with Gasteiger partial charge in [0.1, 0.15) is 0 Å². The summed E-state index contributed by atoms with van der Waals surface area (Å²) >= 11 is 3.23. The zero-order valence-corrected chi connectivity index (χ0v) is 12.9. The highest BCUT2D eigenvalue weighted by Gasteiger charge is 2.28. The van der Waals surface area contributed by atoms with Crippen molar-refractivity contribution in [3.8, 4) is 0 Å². The molecule has 1 amide bonds. The van der Waals surface area contributed by atoms with Crippen molar-refractivity contribution in [1.82, 2.24) is 0 Å². The summed E-state index contributed by atoms with van der Waals surface area (Å²) in [5.41, 5.74) is 8.28. The van der Waals surface area contributed by atoms with E-state index in [-0.39, 0.29) is 11.9 Å². The monoisotopic (exact) mass is 314 g/mol. The van der Waals surface area contributed by atoms with E-state index in [1.807, 2.05) is 29.2 Å². The molecule has 3 heterocycles. The molecule has 106 valence electrons. The number of benzene rings is 1. The molecule has 0 saturated heterocycles. The molecule has 1 atom stereocenters. The Bertz CT molecular complexity index is 792. The van der Waals surface area contributed by atoms with Crippen LogP contribution in [0.1, 0.15) is 15.2 Å². The smallest absolute Gasteiger partial charge is 0.268 e. The molecule has 21 heavy (non-hydrogen) atoms. The van der Waals surface area contributed by atoms with Crippen molar-refractivity contribution in [3.05, 3.63) is 52.2 Å². The van der Waals surface area contributed by atoms with Gasteiger partial charge < -0.3 is 10.6 Å². The van der Waals surface area contributed by atoms with E-state index in [1.165, 1.54) is 9.40 Å². The third kappa shape index (κ3) is 2.18. The summed E-state index contributed by atoms with van der Waals surface area (Å²) in [7, 11) is 0. The van der Waals surface area contributed by atoms with Crippen molar-refractivity contribution in [2.24, 2.45) is 5.73 Å². The number of nitrogens with zero attached hydrogens (tertiary/aromatic N) is 1. The Hall–Kier alpha value is -1.69. The maximum absolute atomic E-state index is 12.9. The molecule has 1 aliphatic rings. The zero-order chi connectivity index (χ0) is 14.4. The molecule has 0 radical (unpaired) electrons. The van der Waals surface area contributed by atoms with Gasteiger partial charge in [0.25, 0.3) is 5.91 Å². The molecule has 3 aromatic rings. The van der Waals surface area contributed by atoms with Crippen molar-refractivity contribution in [3.63, 3.8) is 0 Å². The number of carbonyl (C=O) groups excluding carboxylic acids is 1. The fraction of sp³-hybridized carbons (Fsp3) is 0.188. The van der Waals surface area contributed by atoms with Gasteiger partial charge in [-0.1, -0.05) is 18.2 Å². The Balaban J connectivity index is 1.75. The number of anilines is 1. The van der Waals surface area contributed by atoms with Crippen LogP contribution in [0.5, 0.6) is 0 Å². The van der Waals surface area contributed by atoms with Crippen LogP contribution in [-0.2, 0) is 6.42 Å². The van der Waals surface area contributed by atoms with Gasteiger partial charge in [0.05, 0.1) is 4.88 Å². The highest BCUT2D eigenvalue weighted by Crippen LogP contribution is 2.33. The summed E-state index contributed by atoms with van der Waals surface area (Å²) in [6.45, 7) is 0.585. The van der Waals surface area contributed by atoms with Gasteiger partial charge in [-0.15, -0.1) is 22.7 Å². The van der Waals surface area contributed by atoms with E-state index in [1.54, 1.807) is 22.7 Å². The molecule has 4 rings (SSSR count). The molecule has 0 aliphatic carbocycles. The molecule has 0 spiro atoms. The van der Waals surface area contributed by atoms with Crippen LogP contribution in [0.25, 0.3) is 9.40 Å². The Morgan fingerprint density at radius 2 is 2.10 bits per heavy atom. The Labute approximate surface area is 130 Å². The van der Waals surface area contributed by atoms with Crippen LogP contribution in [0.2, 0.25) is 0 Å². The predicted octanol–water partition coefficient (Wildman–Crippen LogP) is 3.49. The van der Waals surface area contributed by atoms with Crippen LogP contribution in [0.4, 0.5) is 5.69 Å². The zero-order valence-electron chi connectivity index (χ0n) is 11.3. The minimum atomic E-state index is 0.00456. The molecule has 3 nitrogen and oxygen atoms in total. The lowest BCUT2D eigenvalue weighted by Crippen LogP contribution is -2.46. The second-order valence-electron chi connectivity index (χ2n) is 5.27. The molecule has 2 aromatic heterocycles. The molecule has 0 saturated carbocycles. The van der Waals surface area contributed by atoms with Crippen molar-refractivity contribution in [2.45, 2.75) is 12.5 Å². The van der Waals surface area contributed by atoms with Gasteiger partial charge in [-0.2, -0.15) is 0 Å². The molecular formula is C16H14N2OS2. The van der Waals surface area contributed by atoms with Crippen LogP contribution in [0, 0.1) is 0 Å². The number of hydrogen-bond acceptors (Lipinski definition) is 4. The first-order valence-electron chi connectivity index (χ1n) is 6.85. The fourth-order valence-corrected chi connectivity index (χ4v) is 4.88. The van der Waals surface area contributed by atoms with Gasteiger partial charge in [-0.05, 0) is 35.6 Å². The molecular weight excluding hydrogens is 300 g/mol. The Kier molecular flexibility index (Phi) is 3.06. The normalized spacial score (nSPS) is 18.0. The van der Waals surface area contributed by atoms with Crippen molar-refractivity contribution in [2.75, 3.05) is 11.4 Å². The summed E-state index contributed by atoms with van der Waals surface area (Å²) in [6.07, 6.45) is 0.833. The van der Waals surface area contributed by atoms with E-state index in [4.69, 9.17) is 5.73 Å². The minimum absolute atomic E-state index is 0.00456. The summed E-state index contributed by atoms with van der Waals surface area (Å²) in [6, 6.07) is 12.1. The first kappa shape index (κ1) is 13.0. The first-order valence-corrected chi connectivity index (χ1v) is 8.54. The summed E-state index contributed by atoms with van der Waals surface area (Å²) in [5, 5.41) is 2.06. The number of carbonyl (C=O) groups is 1. The van der Waals surface area contributed by atoms with Crippen molar-refractivity contribution < 1.29 is 4.79 Å². The van der Waals surface area contributed by atoms with Crippen LogP contribution >= 0.6 is 22.7 Å². The highest BCUT2D eigenvalue weighted by atomic mass is 32.1. The number of nitrogens with two attached hydrogens (primary N) is 1. The lowest BCUT2D eigenvalue weighted by Gasteiger charge is -2.32. The van der Waals surface area contributed by atoms with Gasteiger partial charge in [0.2, 0.25) is 0 Å². The molecule has 0 bridgehead atoms. The van der Waals surface area contributed by atoms with E-state index >= 15 is 0 Å². The van der Waals surface area contributed by atoms with Gasteiger partial charge in [-0.25, -0.2) is 0 Å². The molecule has 1 aliphatic heterocycles. The van der Waals surface area contributed by atoms with Crippen molar-refractivity contribution in [1.29, 1.82) is 0 Å². The standard InChI is InChI=1S/C16H14N2OS2/c17-11-7-10-3-1-2-4-12(10)18(9-11)16(19)15-8-14-13(21-15)5-6-20-14/h1-6,8,11H,7,9,17H2. The lowest BCUT2D eigenvalue weighted by molar-refractivity contribution is 0.0987. The largest absolute Gasteiger partial charge is 0.326 e. The number of para-hydroxylation sites is 1. The minimum Gasteiger partial charge on any atom is -0.326 e. The average molecular weight is 314 g/mol. The van der Waals surface area contributed by atoms with Gasteiger partial charge in [0.15, 0.2) is 0 Å². The topological polar surface area (TPSA) is 46.3 Å². The number of amides is 1. The Morgan fingerprint density at radius 1 is 1.24 bits per heavy atom. The number of thiophene rings is 2.